The van der Waals surface area contributed by atoms with Crippen LogP contribution in [0.25, 0.3) is 4.96 Å². The van der Waals surface area contributed by atoms with Crippen molar-refractivity contribution in [1.82, 2.24) is 14.7 Å². The van der Waals surface area contributed by atoms with Gasteiger partial charge in [0.05, 0.1) is 11.8 Å². The van der Waals surface area contributed by atoms with Gasteiger partial charge in [0.25, 0.3) is 0 Å². The number of imidazole rings is 1. The summed E-state index contributed by atoms with van der Waals surface area (Å²) < 4.78 is 2.20. The molecule has 4 rings (SSSR count). The number of rotatable bonds is 3. The van der Waals surface area contributed by atoms with Crippen LogP contribution in [0, 0.1) is 0 Å². The normalized spacial score (nSPS) is 29.5. The Morgan fingerprint density at radius 1 is 1.40 bits per heavy atom. The van der Waals surface area contributed by atoms with E-state index < -0.39 is 0 Å². The Kier molecular flexibility index (Phi) is 2.98. The molecule has 2 fully saturated rings. The molecule has 0 amide bonds. The van der Waals surface area contributed by atoms with Crippen molar-refractivity contribution in [3.05, 3.63) is 17.3 Å². The van der Waals surface area contributed by atoms with Gasteiger partial charge in [-0.2, -0.15) is 0 Å². The molecule has 2 unspecified atom stereocenters. The average Bonchev–Trinajstić information content (AvgIpc) is 3.04. The second-order valence-corrected chi connectivity index (χ2v) is 6.76. The van der Waals surface area contributed by atoms with Gasteiger partial charge in [-0.1, -0.05) is 0 Å². The molecule has 108 valence electrons. The maximum atomic E-state index is 9.96. The lowest BCUT2D eigenvalue weighted by atomic mass is 10.00. The minimum atomic E-state index is -0.125. The minimum Gasteiger partial charge on any atom is -0.393 e. The maximum Gasteiger partial charge on any atom is 0.195 e. The van der Waals surface area contributed by atoms with Crippen molar-refractivity contribution in [2.75, 3.05) is 11.9 Å². The van der Waals surface area contributed by atoms with E-state index in [0.717, 1.165) is 30.2 Å². The number of hydrogen-bond donors (Lipinski definition) is 2. The van der Waals surface area contributed by atoms with Gasteiger partial charge in [-0.25, -0.2) is 4.98 Å². The van der Waals surface area contributed by atoms with Crippen molar-refractivity contribution >= 4 is 22.1 Å². The summed E-state index contributed by atoms with van der Waals surface area (Å²) in [6, 6.07) is 0.924. The van der Waals surface area contributed by atoms with Gasteiger partial charge in [0, 0.05) is 30.2 Å². The number of anilines is 1. The zero-order valence-corrected chi connectivity index (χ0v) is 12.4. The summed E-state index contributed by atoms with van der Waals surface area (Å²) in [6.45, 7) is 0.825. The number of piperidine rings is 1. The van der Waals surface area contributed by atoms with Crippen LogP contribution in [-0.4, -0.2) is 39.7 Å². The molecule has 2 aromatic rings. The van der Waals surface area contributed by atoms with Crippen LogP contribution in [0.15, 0.2) is 11.6 Å². The SMILES string of the molecule is CNCc1c(N2C3CCC2CC(O)C3)nc2sccn12. The zero-order valence-electron chi connectivity index (χ0n) is 11.6. The average molecular weight is 292 g/mol. The summed E-state index contributed by atoms with van der Waals surface area (Å²) in [7, 11) is 1.98. The lowest BCUT2D eigenvalue weighted by molar-refractivity contribution is 0.126. The fraction of sp³-hybridized carbons (Fsp3) is 0.643. The van der Waals surface area contributed by atoms with Gasteiger partial charge in [0.15, 0.2) is 10.8 Å². The molecule has 0 aliphatic carbocycles. The number of nitrogens with one attached hydrogen (secondary N) is 1. The molecule has 0 saturated carbocycles. The summed E-state index contributed by atoms with van der Waals surface area (Å²) in [5.41, 5.74) is 1.25. The van der Waals surface area contributed by atoms with Gasteiger partial charge < -0.3 is 15.3 Å². The second kappa shape index (κ2) is 4.72. The van der Waals surface area contributed by atoms with Crippen molar-refractivity contribution in [2.24, 2.45) is 0 Å². The molecule has 20 heavy (non-hydrogen) atoms. The Balaban J connectivity index is 1.78. The molecule has 2 saturated heterocycles. The van der Waals surface area contributed by atoms with Gasteiger partial charge in [-0.15, -0.1) is 11.3 Å². The van der Waals surface area contributed by atoms with E-state index in [0.29, 0.717) is 12.1 Å². The standard InChI is InChI=1S/C14H20N4OS/c1-15-8-12-13(16-14-17(12)4-5-20-14)18-9-2-3-10(18)7-11(19)6-9/h4-5,9-11,15,19H,2-3,6-8H2,1H3. The van der Waals surface area contributed by atoms with Gasteiger partial charge >= 0.3 is 0 Å². The van der Waals surface area contributed by atoms with Crippen LogP contribution in [0.3, 0.4) is 0 Å². The highest BCUT2D eigenvalue weighted by atomic mass is 32.1. The fourth-order valence-electron chi connectivity index (χ4n) is 3.85. The largest absolute Gasteiger partial charge is 0.393 e. The van der Waals surface area contributed by atoms with E-state index in [1.807, 2.05) is 7.05 Å². The van der Waals surface area contributed by atoms with E-state index in [-0.39, 0.29) is 6.10 Å². The number of thiazole rings is 1. The van der Waals surface area contributed by atoms with Crippen molar-refractivity contribution in [3.63, 3.8) is 0 Å². The molecular weight excluding hydrogens is 272 g/mol. The molecule has 0 aromatic carbocycles. The lowest BCUT2D eigenvalue weighted by Crippen LogP contribution is -2.45. The monoisotopic (exact) mass is 292 g/mol. The quantitative estimate of drug-likeness (QED) is 0.902. The highest BCUT2D eigenvalue weighted by molar-refractivity contribution is 7.15. The Morgan fingerprint density at radius 2 is 2.15 bits per heavy atom. The Labute approximate surface area is 122 Å². The molecule has 2 bridgehead atoms. The van der Waals surface area contributed by atoms with Gasteiger partial charge in [-0.05, 0) is 32.7 Å². The predicted molar refractivity (Wildman–Crippen MR) is 80.4 cm³/mol. The van der Waals surface area contributed by atoms with E-state index in [1.54, 1.807) is 11.3 Å². The van der Waals surface area contributed by atoms with Crippen molar-refractivity contribution in [3.8, 4) is 0 Å². The summed E-state index contributed by atoms with van der Waals surface area (Å²) in [5, 5.41) is 15.3. The highest BCUT2D eigenvalue weighted by Gasteiger charge is 2.42. The molecule has 2 aromatic heterocycles. The number of aromatic nitrogens is 2. The predicted octanol–water partition coefficient (Wildman–Crippen LogP) is 1.61. The maximum absolute atomic E-state index is 9.96. The molecule has 6 heteroatoms. The van der Waals surface area contributed by atoms with Crippen LogP contribution in [0.1, 0.15) is 31.4 Å². The molecule has 5 nitrogen and oxygen atoms in total. The first-order valence-corrected chi connectivity index (χ1v) is 8.21. The first-order chi connectivity index (χ1) is 9.78. The van der Waals surface area contributed by atoms with Crippen molar-refractivity contribution in [1.29, 1.82) is 0 Å². The molecule has 0 spiro atoms. The Morgan fingerprint density at radius 3 is 2.85 bits per heavy atom. The molecule has 2 atom stereocenters. The van der Waals surface area contributed by atoms with Crippen LogP contribution in [0.4, 0.5) is 5.82 Å². The van der Waals surface area contributed by atoms with Crippen LogP contribution in [-0.2, 0) is 6.54 Å². The van der Waals surface area contributed by atoms with Gasteiger partial charge in [-0.3, -0.25) is 4.40 Å². The van der Waals surface area contributed by atoms with E-state index >= 15 is 0 Å². The first kappa shape index (κ1) is 12.6. The molecule has 2 aliphatic heterocycles. The van der Waals surface area contributed by atoms with Crippen LogP contribution >= 0.6 is 11.3 Å². The Bertz CT molecular complexity index is 608. The van der Waals surface area contributed by atoms with Crippen molar-refractivity contribution in [2.45, 2.75) is 50.4 Å². The molecular formula is C14H20N4OS. The van der Waals surface area contributed by atoms with E-state index in [2.05, 4.69) is 26.2 Å². The first-order valence-electron chi connectivity index (χ1n) is 7.33. The third kappa shape index (κ3) is 1.78. The molecule has 2 aliphatic rings. The third-order valence-corrected chi connectivity index (χ3v) is 5.39. The summed E-state index contributed by atoms with van der Waals surface area (Å²) >= 11 is 1.68. The van der Waals surface area contributed by atoms with E-state index in [1.165, 1.54) is 18.5 Å². The minimum absolute atomic E-state index is 0.125. The summed E-state index contributed by atoms with van der Waals surface area (Å²) in [6.07, 6.45) is 6.13. The Hall–Kier alpha value is -1.11. The van der Waals surface area contributed by atoms with Crippen LogP contribution < -0.4 is 10.2 Å². The van der Waals surface area contributed by atoms with Gasteiger partial charge in [0.2, 0.25) is 0 Å². The van der Waals surface area contributed by atoms with E-state index in [9.17, 15) is 5.11 Å². The molecule has 4 heterocycles. The van der Waals surface area contributed by atoms with Gasteiger partial charge in [0.1, 0.15) is 0 Å². The number of nitrogens with zero attached hydrogens (tertiary/aromatic N) is 3. The van der Waals surface area contributed by atoms with E-state index in [4.69, 9.17) is 4.98 Å². The summed E-state index contributed by atoms with van der Waals surface area (Å²) in [5.74, 6) is 1.13. The zero-order chi connectivity index (χ0) is 13.7. The smallest absolute Gasteiger partial charge is 0.195 e. The lowest BCUT2D eigenvalue weighted by Gasteiger charge is -2.38. The number of fused-ring (bicyclic) bond motifs is 3. The summed E-state index contributed by atoms with van der Waals surface area (Å²) in [4.78, 5) is 8.42. The second-order valence-electron chi connectivity index (χ2n) is 5.89. The number of aliphatic hydroxyl groups excluding tert-OH is 1. The van der Waals surface area contributed by atoms with Crippen LogP contribution in [0.5, 0.6) is 0 Å². The van der Waals surface area contributed by atoms with Crippen molar-refractivity contribution < 1.29 is 5.11 Å². The fourth-order valence-corrected chi connectivity index (χ4v) is 4.58. The van der Waals surface area contributed by atoms with Crippen LogP contribution in [0.2, 0.25) is 0 Å². The number of aliphatic hydroxyl groups is 1. The molecule has 2 N–H and O–H groups in total. The highest BCUT2D eigenvalue weighted by Crippen LogP contribution is 2.40. The number of hydrogen-bond acceptors (Lipinski definition) is 5. The third-order valence-electron chi connectivity index (χ3n) is 4.64. The topological polar surface area (TPSA) is 52.8 Å². The molecule has 0 radical (unpaired) electrons.